The molecule has 2 aromatic rings. The van der Waals surface area contributed by atoms with Crippen molar-refractivity contribution in [1.82, 2.24) is 0 Å². The highest BCUT2D eigenvalue weighted by Gasteiger charge is 2.27. The first-order chi connectivity index (χ1) is 9.59. The normalized spacial score (nSPS) is 15.8. The molecule has 1 N–H and O–H groups in total. The summed E-state index contributed by atoms with van der Waals surface area (Å²) in [5.74, 6) is 0.255. The van der Waals surface area contributed by atoms with Crippen LogP contribution in [0, 0.1) is 0 Å². The molecule has 0 fully saturated rings. The third-order valence-corrected chi connectivity index (χ3v) is 4.38. The summed E-state index contributed by atoms with van der Waals surface area (Å²) >= 11 is 0. The van der Waals surface area contributed by atoms with Crippen molar-refractivity contribution in [3.63, 3.8) is 0 Å². The van der Waals surface area contributed by atoms with Crippen LogP contribution < -0.4 is 0 Å². The molecule has 3 nitrogen and oxygen atoms in total. The first-order valence-electron chi connectivity index (χ1n) is 6.38. The van der Waals surface area contributed by atoms with Crippen molar-refractivity contribution in [2.45, 2.75) is 6.42 Å². The van der Waals surface area contributed by atoms with Gasteiger partial charge >= 0.3 is 0 Å². The van der Waals surface area contributed by atoms with Crippen LogP contribution in [0.3, 0.4) is 0 Å². The molecule has 2 aromatic carbocycles. The van der Waals surface area contributed by atoms with Crippen LogP contribution >= 0.6 is 0 Å². The molecule has 0 aromatic heterocycles. The Labute approximate surface area is 119 Å². The van der Waals surface area contributed by atoms with Gasteiger partial charge in [-0.15, -0.1) is 0 Å². The SMILES string of the molecule is CS(=O)CCC1=C(O)c2cccc3cccc(c23)C1=O. The summed E-state index contributed by atoms with van der Waals surface area (Å²) in [6.45, 7) is 0. The second-order valence-electron chi connectivity index (χ2n) is 4.89. The van der Waals surface area contributed by atoms with E-state index in [0.717, 1.165) is 10.8 Å². The molecule has 0 aliphatic heterocycles. The van der Waals surface area contributed by atoms with Gasteiger partial charge in [-0.05, 0) is 11.8 Å². The summed E-state index contributed by atoms with van der Waals surface area (Å²) in [5, 5.41) is 12.1. The summed E-state index contributed by atoms with van der Waals surface area (Å²) in [6.07, 6.45) is 1.93. The van der Waals surface area contributed by atoms with Crippen LogP contribution in [0.2, 0.25) is 0 Å². The Kier molecular flexibility index (Phi) is 3.18. The van der Waals surface area contributed by atoms with Gasteiger partial charge in [0.05, 0.1) is 0 Å². The minimum absolute atomic E-state index is 0.0322. The van der Waals surface area contributed by atoms with Gasteiger partial charge in [-0.2, -0.15) is 0 Å². The third kappa shape index (κ3) is 1.96. The molecule has 0 spiro atoms. The van der Waals surface area contributed by atoms with Gasteiger partial charge in [-0.1, -0.05) is 36.4 Å². The van der Waals surface area contributed by atoms with Gasteiger partial charge in [0.2, 0.25) is 0 Å². The average molecular weight is 286 g/mol. The number of Topliss-reactive ketones (excluding diaryl/α,β-unsaturated/α-hetero) is 1. The number of hydrogen-bond donors (Lipinski definition) is 1. The smallest absolute Gasteiger partial charge is 0.193 e. The molecule has 0 heterocycles. The topological polar surface area (TPSA) is 54.4 Å². The molecule has 3 rings (SSSR count). The van der Waals surface area contributed by atoms with E-state index in [1.165, 1.54) is 0 Å². The lowest BCUT2D eigenvalue weighted by molar-refractivity contribution is 0.103. The number of aliphatic hydroxyl groups excluding tert-OH is 1. The molecular formula is C16H14O3S. The maximum absolute atomic E-state index is 12.5. The molecular weight excluding hydrogens is 272 g/mol. The molecule has 0 bridgehead atoms. The molecule has 20 heavy (non-hydrogen) atoms. The monoisotopic (exact) mass is 286 g/mol. The largest absolute Gasteiger partial charge is 0.507 e. The summed E-state index contributed by atoms with van der Waals surface area (Å²) < 4.78 is 11.2. The number of rotatable bonds is 3. The van der Waals surface area contributed by atoms with Gasteiger partial charge in [0.15, 0.2) is 5.78 Å². The minimum Gasteiger partial charge on any atom is -0.507 e. The molecule has 1 aliphatic carbocycles. The highest BCUT2D eigenvalue weighted by atomic mass is 32.2. The summed E-state index contributed by atoms with van der Waals surface area (Å²) in [4.78, 5) is 12.5. The van der Waals surface area contributed by atoms with Crippen LogP contribution in [-0.4, -0.2) is 27.1 Å². The first-order valence-corrected chi connectivity index (χ1v) is 8.11. The quantitative estimate of drug-likeness (QED) is 0.943. The zero-order valence-electron chi connectivity index (χ0n) is 11.1. The van der Waals surface area contributed by atoms with Gasteiger partial charge < -0.3 is 5.11 Å². The van der Waals surface area contributed by atoms with Crippen molar-refractivity contribution in [2.75, 3.05) is 12.0 Å². The Morgan fingerprint density at radius 2 is 1.75 bits per heavy atom. The van der Waals surface area contributed by atoms with Gasteiger partial charge in [0.25, 0.3) is 0 Å². The predicted octanol–water partition coefficient (Wildman–Crippen LogP) is 3.07. The van der Waals surface area contributed by atoms with E-state index in [9.17, 15) is 14.1 Å². The first kappa shape index (κ1) is 13.1. The predicted molar refractivity (Wildman–Crippen MR) is 81.4 cm³/mol. The molecule has 0 radical (unpaired) electrons. The number of ketones is 1. The fourth-order valence-electron chi connectivity index (χ4n) is 2.64. The van der Waals surface area contributed by atoms with E-state index in [1.807, 2.05) is 30.3 Å². The highest BCUT2D eigenvalue weighted by molar-refractivity contribution is 7.84. The van der Waals surface area contributed by atoms with Crippen molar-refractivity contribution in [3.05, 3.63) is 53.1 Å². The second-order valence-corrected chi connectivity index (χ2v) is 6.45. The summed E-state index contributed by atoms with van der Waals surface area (Å²) in [5.41, 5.74) is 1.67. The fraction of sp³-hybridized carbons (Fsp3) is 0.188. The van der Waals surface area contributed by atoms with E-state index < -0.39 is 10.8 Å². The van der Waals surface area contributed by atoms with Crippen LogP contribution in [0.1, 0.15) is 22.3 Å². The van der Waals surface area contributed by atoms with Crippen molar-refractivity contribution in [3.8, 4) is 0 Å². The Hall–Kier alpha value is -1.94. The van der Waals surface area contributed by atoms with E-state index >= 15 is 0 Å². The van der Waals surface area contributed by atoms with E-state index in [1.54, 1.807) is 12.3 Å². The van der Waals surface area contributed by atoms with Crippen LogP contribution in [0.15, 0.2) is 42.0 Å². The highest BCUT2D eigenvalue weighted by Crippen LogP contribution is 2.36. The molecule has 102 valence electrons. The van der Waals surface area contributed by atoms with Crippen molar-refractivity contribution in [1.29, 1.82) is 0 Å². The van der Waals surface area contributed by atoms with Gasteiger partial charge in [0, 0.05) is 44.9 Å². The molecule has 0 amide bonds. The molecule has 1 atom stereocenters. The Morgan fingerprint density at radius 1 is 1.10 bits per heavy atom. The van der Waals surface area contributed by atoms with E-state index in [2.05, 4.69) is 0 Å². The maximum atomic E-state index is 12.5. The van der Waals surface area contributed by atoms with Gasteiger partial charge in [-0.3, -0.25) is 9.00 Å². The van der Waals surface area contributed by atoms with Crippen LogP contribution in [-0.2, 0) is 10.8 Å². The number of benzene rings is 2. The van der Waals surface area contributed by atoms with Crippen molar-refractivity contribution < 1.29 is 14.1 Å². The number of carbonyl (C=O) groups is 1. The Balaban J connectivity index is 2.22. The maximum Gasteiger partial charge on any atom is 0.193 e. The fourth-order valence-corrected chi connectivity index (χ4v) is 3.13. The molecule has 1 aliphatic rings. The lowest BCUT2D eigenvalue weighted by atomic mass is 9.86. The van der Waals surface area contributed by atoms with Crippen LogP contribution in [0.25, 0.3) is 16.5 Å². The number of allylic oxidation sites excluding steroid dienone is 1. The molecule has 0 saturated carbocycles. The van der Waals surface area contributed by atoms with Gasteiger partial charge in [-0.25, -0.2) is 0 Å². The van der Waals surface area contributed by atoms with E-state index in [0.29, 0.717) is 28.9 Å². The summed E-state index contributed by atoms with van der Waals surface area (Å²) in [6, 6.07) is 11.2. The number of carbonyl (C=O) groups excluding carboxylic acids is 1. The van der Waals surface area contributed by atoms with E-state index in [4.69, 9.17) is 0 Å². The van der Waals surface area contributed by atoms with Gasteiger partial charge in [0.1, 0.15) is 5.76 Å². The Bertz CT molecular complexity index is 769. The third-order valence-electron chi connectivity index (χ3n) is 3.60. The lowest BCUT2D eigenvalue weighted by Crippen LogP contribution is -2.14. The average Bonchev–Trinajstić information content (AvgIpc) is 2.44. The number of aliphatic hydroxyl groups is 1. The van der Waals surface area contributed by atoms with E-state index in [-0.39, 0.29) is 11.5 Å². The number of hydrogen-bond acceptors (Lipinski definition) is 3. The Morgan fingerprint density at radius 3 is 2.40 bits per heavy atom. The van der Waals surface area contributed by atoms with Crippen LogP contribution in [0.4, 0.5) is 0 Å². The second kappa shape index (κ2) is 4.87. The molecule has 1 unspecified atom stereocenters. The lowest BCUT2D eigenvalue weighted by Gasteiger charge is -2.19. The van der Waals surface area contributed by atoms with Crippen molar-refractivity contribution >= 4 is 33.1 Å². The molecule has 4 heteroatoms. The standard InChI is InChI=1S/C16H14O3S/c1-20(19)9-8-13-15(17)11-6-2-4-10-5-3-7-12(14(10)11)16(13)18/h2-7,17H,8-9H2,1H3. The van der Waals surface area contributed by atoms with Crippen molar-refractivity contribution in [2.24, 2.45) is 0 Å². The zero-order chi connectivity index (χ0) is 14.3. The minimum atomic E-state index is -0.989. The summed E-state index contributed by atoms with van der Waals surface area (Å²) in [7, 11) is -0.989. The molecule has 0 saturated heterocycles. The zero-order valence-corrected chi connectivity index (χ0v) is 11.9. The van der Waals surface area contributed by atoms with Crippen LogP contribution in [0.5, 0.6) is 0 Å².